The van der Waals surface area contributed by atoms with Gasteiger partial charge in [0.1, 0.15) is 5.82 Å². The number of nitrogens with two attached hydrogens (primary N) is 1. The van der Waals surface area contributed by atoms with Crippen molar-refractivity contribution in [3.8, 4) is 0 Å². The number of nitrogens with one attached hydrogen (secondary N) is 1. The lowest BCUT2D eigenvalue weighted by Crippen LogP contribution is -2.14. The predicted molar refractivity (Wildman–Crippen MR) is 73.7 cm³/mol. The highest BCUT2D eigenvalue weighted by Gasteiger charge is 2.05. The quantitative estimate of drug-likeness (QED) is 0.748. The van der Waals surface area contributed by atoms with E-state index in [1.807, 2.05) is 10.6 Å². The fraction of sp³-hybridized carbons (Fsp3) is 0.500. The van der Waals surface area contributed by atoms with E-state index in [-0.39, 0.29) is 0 Å². The van der Waals surface area contributed by atoms with E-state index in [0.29, 0.717) is 5.82 Å². The van der Waals surface area contributed by atoms with Gasteiger partial charge in [-0.2, -0.15) is 0 Å². The Bertz CT molecular complexity index is 504. The van der Waals surface area contributed by atoms with Crippen molar-refractivity contribution in [3.63, 3.8) is 0 Å². The van der Waals surface area contributed by atoms with E-state index in [9.17, 15) is 0 Å². The molecule has 18 heavy (non-hydrogen) atoms. The number of rotatable bonds is 6. The molecule has 6 heteroatoms. The highest BCUT2D eigenvalue weighted by molar-refractivity contribution is 5.64. The first-order chi connectivity index (χ1) is 8.66. The maximum atomic E-state index is 5.75. The van der Waals surface area contributed by atoms with Crippen LogP contribution in [0.3, 0.4) is 0 Å². The highest BCUT2D eigenvalue weighted by Crippen LogP contribution is 2.14. The molecule has 2 heterocycles. The first-order valence-electron chi connectivity index (χ1n) is 6.14. The molecule has 0 aliphatic rings. The zero-order chi connectivity index (χ0) is 13.0. The van der Waals surface area contributed by atoms with Crippen molar-refractivity contribution in [3.05, 3.63) is 18.6 Å². The van der Waals surface area contributed by atoms with Gasteiger partial charge in [0.2, 0.25) is 0 Å². The number of nitrogens with zero attached hydrogens (tertiary/aromatic N) is 4. The van der Waals surface area contributed by atoms with Gasteiger partial charge >= 0.3 is 0 Å². The Morgan fingerprint density at radius 3 is 3.00 bits per heavy atom. The second-order valence-corrected chi connectivity index (χ2v) is 4.61. The summed E-state index contributed by atoms with van der Waals surface area (Å²) in [5.41, 5.74) is 6.56. The molecule has 0 aliphatic carbocycles. The molecule has 6 nitrogen and oxygen atoms in total. The number of fused-ring (bicyclic) bond motifs is 1. The molecule has 0 saturated carbocycles. The summed E-state index contributed by atoms with van der Waals surface area (Å²) in [6.45, 7) is 1.98. The minimum atomic E-state index is 0.497. The topological polar surface area (TPSA) is 71.5 Å². The Labute approximate surface area is 107 Å². The summed E-state index contributed by atoms with van der Waals surface area (Å²) in [5, 5.41) is 3.30. The third-order valence-corrected chi connectivity index (χ3v) is 2.72. The molecule has 2 rings (SSSR count). The van der Waals surface area contributed by atoms with Crippen LogP contribution in [0.25, 0.3) is 5.65 Å². The number of anilines is 2. The lowest BCUT2D eigenvalue weighted by molar-refractivity contribution is 0.396. The molecule has 0 aromatic carbocycles. The van der Waals surface area contributed by atoms with Crippen LogP contribution in [0.1, 0.15) is 12.8 Å². The van der Waals surface area contributed by atoms with Gasteiger partial charge in [0.25, 0.3) is 0 Å². The molecule has 0 fully saturated rings. The van der Waals surface area contributed by atoms with Gasteiger partial charge in [0.15, 0.2) is 11.5 Å². The third kappa shape index (κ3) is 3.10. The monoisotopic (exact) mass is 248 g/mol. The molecule has 0 unspecified atom stereocenters. The molecule has 0 radical (unpaired) electrons. The van der Waals surface area contributed by atoms with Gasteiger partial charge in [-0.05, 0) is 33.5 Å². The Morgan fingerprint density at radius 1 is 1.39 bits per heavy atom. The van der Waals surface area contributed by atoms with Crippen LogP contribution >= 0.6 is 0 Å². The van der Waals surface area contributed by atoms with Crippen molar-refractivity contribution in [2.45, 2.75) is 12.8 Å². The molecule has 2 aromatic heterocycles. The second kappa shape index (κ2) is 5.68. The zero-order valence-corrected chi connectivity index (χ0v) is 10.9. The maximum Gasteiger partial charge on any atom is 0.180 e. The molecule has 0 amide bonds. The van der Waals surface area contributed by atoms with Crippen molar-refractivity contribution in [1.29, 1.82) is 0 Å². The third-order valence-electron chi connectivity index (χ3n) is 2.72. The van der Waals surface area contributed by atoms with Crippen molar-refractivity contribution >= 4 is 17.3 Å². The normalized spacial score (nSPS) is 11.3. The van der Waals surface area contributed by atoms with E-state index in [0.717, 1.165) is 37.4 Å². The largest absolute Gasteiger partial charge is 0.382 e. The highest BCUT2D eigenvalue weighted by atomic mass is 15.1. The van der Waals surface area contributed by atoms with Gasteiger partial charge in [0.05, 0.1) is 6.20 Å². The van der Waals surface area contributed by atoms with E-state index >= 15 is 0 Å². The number of aromatic nitrogens is 3. The summed E-state index contributed by atoms with van der Waals surface area (Å²) in [6, 6.07) is 0. The fourth-order valence-electron chi connectivity index (χ4n) is 1.83. The molecular weight excluding hydrogens is 228 g/mol. The smallest absolute Gasteiger partial charge is 0.180 e. The van der Waals surface area contributed by atoms with Crippen LogP contribution in [0.4, 0.5) is 11.6 Å². The van der Waals surface area contributed by atoms with Crippen LogP contribution in [0.15, 0.2) is 18.6 Å². The van der Waals surface area contributed by atoms with Gasteiger partial charge in [-0.25, -0.2) is 9.97 Å². The van der Waals surface area contributed by atoms with Crippen LogP contribution in [0.5, 0.6) is 0 Å². The average Bonchev–Trinajstić information content (AvgIpc) is 2.75. The molecule has 0 aliphatic heterocycles. The number of nitrogen functional groups attached to an aromatic ring is 1. The molecule has 0 spiro atoms. The van der Waals surface area contributed by atoms with E-state index in [4.69, 9.17) is 5.73 Å². The number of hydrogen-bond donors (Lipinski definition) is 2. The standard InChI is InChI=1S/C12H20N6/c1-17(2)7-4-3-5-14-11-12-15-6-8-18(12)9-10(13)16-11/h6,8-9H,3-5,7,13H2,1-2H3,(H,14,16). The minimum absolute atomic E-state index is 0.497. The summed E-state index contributed by atoms with van der Waals surface area (Å²) < 4.78 is 1.88. The molecule has 3 N–H and O–H groups in total. The molecule has 0 saturated heterocycles. The summed E-state index contributed by atoms with van der Waals surface area (Å²) in [5.74, 6) is 1.25. The summed E-state index contributed by atoms with van der Waals surface area (Å²) >= 11 is 0. The minimum Gasteiger partial charge on any atom is -0.382 e. The number of imidazole rings is 1. The predicted octanol–water partition coefficient (Wildman–Crippen LogP) is 1.07. The first kappa shape index (κ1) is 12.6. The second-order valence-electron chi connectivity index (χ2n) is 4.61. The van der Waals surface area contributed by atoms with Gasteiger partial charge in [-0.3, -0.25) is 0 Å². The zero-order valence-electron chi connectivity index (χ0n) is 10.9. The Kier molecular flexibility index (Phi) is 3.99. The van der Waals surface area contributed by atoms with Gasteiger partial charge in [-0.15, -0.1) is 0 Å². The molecule has 2 aromatic rings. The lowest BCUT2D eigenvalue weighted by Gasteiger charge is -2.10. The van der Waals surface area contributed by atoms with Crippen molar-refractivity contribution < 1.29 is 0 Å². The van der Waals surface area contributed by atoms with Crippen molar-refractivity contribution in [1.82, 2.24) is 19.3 Å². The van der Waals surface area contributed by atoms with Crippen LogP contribution in [0.2, 0.25) is 0 Å². The summed E-state index contributed by atoms with van der Waals surface area (Å²) in [7, 11) is 4.17. The van der Waals surface area contributed by atoms with Crippen LogP contribution in [-0.2, 0) is 0 Å². The Hall–Kier alpha value is -1.82. The lowest BCUT2D eigenvalue weighted by atomic mass is 10.3. The number of hydrogen-bond acceptors (Lipinski definition) is 5. The van der Waals surface area contributed by atoms with Crippen molar-refractivity contribution in [2.24, 2.45) is 0 Å². The average molecular weight is 248 g/mol. The van der Waals surface area contributed by atoms with E-state index < -0.39 is 0 Å². The SMILES string of the molecule is CN(C)CCCCNc1nc(N)cn2ccnc12. The first-order valence-corrected chi connectivity index (χ1v) is 6.14. The molecule has 0 atom stereocenters. The van der Waals surface area contributed by atoms with E-state index in [2.05, 4.69) is 34.3 Å². The summed E-state index contributed by atoms with van der Waals surface area (Å²) in [4.78, 5) is 10.7. The van der Waals surface area contributed by atoms with Gasteiger partial charge in [0, 0.05) is 18.9 Å². The van der Waals surface area contributed by atoms with Crippen LogP contribution in [0, 0.1) is 0 Å². The summed E-state index contributed by atoms with van der Waals surface area (Å²) in [6.07, 6.45) is 7.63. The van der Waals surface area contributed by atoms with E-state index in [1.54, 1.807) is 12.4 Å². The Morgan fingerprint density at radius 2 is 2.22 bits per heavy atom. The van der Waals surface area contributed by atoms with Gasteiger partial charge in [-0.1, -0.05) is 0 Å². The number of unbranched alkanes of at least 4 members (excludes halogenated alkanes) is 1. The molecule has 98 valence electrons. The molecule has 0 bridgehead atoms. The molecular formula is C12H20N6. The Balaban J connectivity index is 1.93. The fourth-order valence-corrected chi connectivity index (χ4v) is 1.83. The van der Waals surface area contributed by atoms with Crippen molar-refractivity contribution in [2.75, 3.05) is 38.2 Å². The van der Waals surface area contributed by atoms with E-state index in [1.165, 1.54) is 0 Å². The maximum absolute atomic E-state index is 5.75. The van der Waals surface area contributed by atoms with Gasteiger partial charge < -0.3 is 20.4 Å². The van der Waals surface area contributed by atoms with Crippen LogP contribution in [-0.4, -0.2) is 46.5 Å². The van der Waals surface area contributed by atoms with Crippen LogP contribution < -0.4 is 11.1 Å².